The lowest BCUT2D eigenvalue weighted by atomic mass is 10.2. The Hall–Kier alpha value is -2.38. The molecule has 0 spiro atoms. The van der Waals surface area contributed by atoms with Gasteiger partial charge in [0.2, 0.25) is 0 Å². The molecule has 0 fully saturated rings. The highest BCUT2D eigenvalue weighted by Crippen LogP contribution is 2.34. The molecule has 0 unspecified atom stereocenters. The third kappa shape index (κ3) is 1.40. The van der Waals surface area contributed by atoms with Crippen molar-refractivity contribution in [2.45, 2.75) is 0 Å². The maximum atomic E-state index is 10.4. The van der Waals surface area contributed by atoms with E-state index in [1.54, 1.807) is 0 Å². The smallest absolute Gasteiger partial charge is 0.294 e. The van der Waals surface area contributed by atoms with Crippen molar-refractivity contribution in [2.75, 3.05) is 11.5 Å². The van der Waals surface area contributed by atoms with E-state index in [1.807, 2.05) is 0 Å². The normalized spacial score (nSPS) is 9.71. The molecule has 0 aliphatic carbocycles. The number of anilines is 2. The van der Waals surface area contributed by atoms with Crippen LogP contribution in [0.4, 0.5) is 22.7 Å². The van der Waals surface area contributed by atoms with E-state index in [9.17, 15) is 20.2 Å². The molecule has 0 aliphatic heterocycles. The highest BCUT2D eigenvalue weighted by Gasteiger charge is 2.21. The van der Waals surface area contributed by atoms with Crippen LogP contribution in [-0.4, -0.2) is 9.85 Å². The van der Waals surface area contributed by atoms with E-state index < -0.39 is 21.2 Å². The first kappa shape index (κ1) is 9.71. The second-order valence-corrected chi connectivity index (χ2v) is 2.45. The highest BCUT2D eigenvalue weighted by atomic mass is 16.6. The molecule has 0 radical (unpaired) electrons. The van der Waals surface area contributed by atoms with Gasteiger partial charge in [0.15, 0.2) is 0 Å². The van der Waals surface area contributed by atoms with Crippen LogP contribution >= 0.6 is 0 Å². The maximum Gasteiger partial charge on any atom is 0.294 e. The van der Waals surface area contributed by atoms with Crippen LogP contribution in [0.15, 0.2) is 12.1 Å². The van der Waals surface area contributed by atoms with Gasteiger partial charge >= 0.3 is 0 Å². The van der Waals surface area contributed by atoms with Crippen molar-refractivity contribution in [2.24, 2.45) is 0 Å². The molecule has 0 saturated carbocycles. The number of nitrogen functional groups attached to an aromatic ring is 2. The van der Waals surface area contributed by atoms with Crippen molar-refractivity contribution in [3.63, 3.8) is 0 Å². The van der Waals surface area contributed by atoms with Gasteiger partial charge in [0, 0.05) is 12.1 Å². The lowest BCUT2D eigenvalue weighted by Crippen LogP contribution is -2.03. The summed E-state index contributed by atoms with van der Waals surface area (Å²) in [5, 5.41) is 20.7. The Labute approximate surface area is 77.4 Å². The minimum Gasteiger partial charge on any atom is -0.391 e. The number of hydrogen-bond donors (Lipinski definition) is 2. The van der Waals surface area contributed by atoms with E-state index in [0.717, 1.165) is 12.1 Å². The number of nitrogens with two attached hydrogens (primary N) is 2. The zero-order valence-electron chi connectivity index (χ0n) is 6.84. The molecule has 4 N–H and O–H groups in total. The maximum absolute atomic E-state index is 10.4. The molecule has 0 atom stereocenters. The van der Waals surface area contributed by atoms with Crippen LogP contribution in [0.25, 0.3) is 0 Å². The summed E-state index contributed by atoms with van der Waals surface area (Å²) in [6.07, 6.45) is 0. The fraction of sp³-hybridized carbons (Fsp3) is 0. The van der Waals surface area contributed by atoms with Gasteiger partial charge in [-0.3, -0.25) is 20.2 Å². The zero-order valence-corrected chi connectivity index (χ0v) is 6.84. The zero-order chi connectivity index (χ0) is 10.9. The average Bonchev–Trinajstić information content (AvgIpc) is 2.08. The molecule has 0 amide bonds. The molecule has 1 aromatic rings. The van der Waals surface area contributed by atoms with E-state index in [2.05, 4.69) is 0 Å². The van der Waals surface area contributed by atoms with Crippen LogP contribution < -0.4 is 11.5 Å². The molecule has 0 saturated heterocycles. The molecule has 1 rings (SSSR count). The fourth-order valence-corrected chi connectivity index (χ4v) is 0.932. The van der Waals surface area contributed by atoms with Gasteiger partial charge in [-0.1, -0.05) is 0 Å². The number of nitro benzene ring substituents is 2. The summed E-state index contributed by atoms with van der Waals surface area (Å²) < 4.78 is 0. The Morgan fingerprint density at radius 3 is 1.43 bits per heavy atom. The van der Waals surface area contributed by atoms with E-state index in [0.29, 0.717) is 0 Å². The summed E-state index contributed by atoms with van der Waals surface area (Å²) in [7, 11) is 0. The van der Waals surface area contributed by atoms with Crippen LogP contribution in [0.1, 0.15) is 0 Å². The van der Waals surface area contributed by atoms with Gasteiger partial charge < -0.3 is 11.5 Å². The summed E-state index contributed by atoms with van der Waals surface area (Å²) >= 11 is 0. The first-order valence-electron chi connectivity index (χ1n) is 3.42. The van der Waals surface area contributed by atoms with Crippen molar-refractivity contribution < 1.29 is 9.85 Å². The minimum absolute atomic E-state index is 0.385. The monoisotopic (exact) mass is 198 g/mol. The molecule has 14 heavy (non-hydrogen) atoms. The van der Waals surface area contributed by atoms with Crippen LogP contribution in [0.5, 0.6) is 0 Å². The molecule has 8 heteroatoms. The summed E-state index contributed by atoms with van der Waals surface area (Å²) in [4.78, 5) is 19.2. The molecular formula is C6H6N4O4. The summed E-state index contributed by atoms with van der Waals surface area (Å²) in [5.41, 5.74) is 8.86. The largest absolute Gasteiger partial charge is 0.391 e. The van der Waals surface area contributed by atoms with Gasteiger partial charge in [-0.2, -0.15) is 0 Å². The van der Waals surface area contributed by atoms with Crippen LogP contribution in [0.2, 0.25) is 0 Å². The van der Waals surface area contributed by atoms with Crippen molar-refractivity contribution in [3.8, 4) is 0 Å². The Bertz CT molecular complexity index is 378. The van der Waals surface area contributed by atoms with Gasteiger partial charge in [-0.25, -0.2) is 0 Å². The van der Waals surface area contributed by atoms with E-state index in [4.69, 9.17) is 11.5 Å². The minimum atomic E-state index is -0.755. The SMILES string of the molecule is Nc1c([N+](=O)[O-])ccc([N+](=O)[O-])c1N. The molecule has 0 aliphatic rings. The number of rotatable bonds is 2. The second kappa shape index (κ2) is 3.17. The number of nitrogens with zero attached hydrogens (tertiary/aromatic N) is 2. The molecule has 0 heterocycles. The van der Waals surface area contributed by atoms with Crippen molar-refractivity contribution in [1.82, 2.24) is 0 Å². The van der Waals surface area contributed by atoms with Gasteiger partial charge in [-0.15, -0.1) is 0 Å². The third-order valence-electron chi connectivity index (χ3n) is 1.63. The number of nitro groups is 2. The van der Waals surface area contributed by atoms with Crippen molar-refractivity contribution >= 4 is 22.7 Å². The van der Waals surface area contributed by atoms with Gasteiger partial charge in [0.1, 0.15) is 11.4 Å². The lowest BCUT2D eigenvalue weighted by molar-refractivity contribution is -0.387. The van der Waals surface area contributed by atoms with Gasteiger partial charge in [0.05, 0.1) is 9.85 Å². The third-order valence-corrected chi connectivity index (χ3v) is 1.63. The molecule has 8 nitrogen and oxygen atoms in total. The standard InChI is InChI=1S/C6H6N4O4/c7-5-3(9(11)12)1-2-4(6(5)8)10(13)14/h1-2H,7-8H2. The van der Waals surface area contributed by atoms with Crippen molar-refractivity contribution in [1.29, 1.82) is 0 Å². The summed E-state index contributed by atoms with van der Waals surface area (Å²) in [5.74, 6) is 0. The Kier molecular flexibility index (Phi) is 2.19. The van der Waals surface area contributed by atoms with E-state index >= 15 is 0 Å². The molecule has 0 bridgehead atoms. The predicted molar refractivity (Wildman–Crippen MR) is 48.6 cm³/mol. The second-order valence-electron chi connectivity index (χ2n) is 2.45. The lowest BCUT2D eigenvalue weighted by Gasteiger charge is -2.01. The Balaban J connectivity index is 3.41. The number of benzene rings is 1. The topological polar surface area (TPSA) is 138 Å². The summed E-state index contributed by atoms with van der Waals surface area (Å²) in [6, 6.07) is 1.90. The summed E-state index contributed by atoms with van der Waals surface area (Å²) in [6.45, 7) is 0. The first-order valence-corrected chi connectivity index (χ1v) is 3.42. The van der Waals surface area contributed by atoms with Gasteiger partial charge in [0.25, 0.3) is 11.4 Å². The quantitative estimate of drug-likeness (QED) is 0.406. The Morgan fingerprint density at radius 1 is 0.929 bits per heavy atom. The average molecular weight is 198 g/mol. The van der Waals surface area contributed by atoms with Crippen LogP contribution in [0, 0.1) is 20.2 Å². The van der Waals surface area contributed by atoms with Crippen LogP contribution in [-0.2, 0) is 0 Å². The molecule has 1 aromatic carbocycles. The molecule has 0 aromatic heterocycles. The predicted octanol–water partition coefficient (Wildman–Crippen LogP) is 0.667. The van der Waals surface area contributed by atoms with E-state index in [1.165, 1.54) is 0 Å². The fourth-order valence-electron chi connectivity index (χ4n) is 0.932. The van der Waals surface area contributed by atoms with Gasteiger partial charge in [-0.05, 0) is 0 Å². The molecule has 74 valence electrons. The van der Waals surface area contributed by atoms with Crippen LogP contribution in [0.3, 0.4) is 0 Å². The number of hydrogen-bond acceptors (Lipinski definition) is 6. The highest BCUT2D eigenvalue weighted by molar-refractivity contribution is 5.81. The Morgan fingerprint density at radius 2 is 1.21 bits per heavy atom. The molecular weight excluding hydrogens is 192 g/mol. The van der Waals surface area contributed by atoms with Crippen molar-refractivity contribution in [3.05, 3.63) is 32.4 Å². The van der Waals surface area contributed by atoms with E-state index in [-0.39, 0.29) is 11.4 Å². The first-order chi connectivity index (χ1) is 6.45.